The smallest absolute Gasteiger partial charge is 0.341 e. The molecule has 6 heteroatoms. The second kappa shape index (κ2) is 8.88. The largest absolute Gasteiger partial charge is 0.464 e. The summed E-state index contributed by atoms with van der Waals surface area (Å²) in [6.45, 7) is 4.29. The summed E-state index contributed by atoms with van der Waals surface area (Å²) in [5.74, 6) is 0.680. The molecule has 2 heterocycles. The van der Waals surface area contributed by atoms with Crippen LogP contribution in [0.1, 0.15) is 53.1 Å². The fourth-order valence-electron chi connectivity index (χ4n) is 3.93. The van der Waals surface area contributed by atoms with Crippen LogP contribution in [-0.2, 0) is 22.4 Å². The van der Waals surface area contributed by atoms with Crippen LogP contribution in [0.2, 0.25) is 0 Å². The Labute approximate surface area is 180 Å². The van der Waals surface area contributed by atoms with Crippen molar-refractivity contribution >= 4 is 34.3 Å². The van der Waals surface area contributed by atoms with Gasteiger partial charge in [-0.25, -0.2) is 4.79 Å². The van der Waals surface area contributed by atoms with Gasteiger partial charge in [0, 0.05) is 16.0 Å². The zero-order valence-electron chi connectivity index (χ0n) is 17.2. The summed E-state index contributed by atoms with van der Waals surface area (Å²) in [5.41, 5.74) is 2.86. The van der Waals surface area contributed by atoms with Gasteiger partial charge in [-0.2, -0.15) is 0 Å². The predicted octanol–water partition coefficient (Wildman–Crippen LogP) is 5.37. The monoisotopic (exact) mass is 423 g/mol. The number of rotatable bonds is 5. The van der Waals surface area contributed by atoms with Crippen molar-refractivity contribution in [2.45, 2.75) is 39.5 Å². The van der Waals surface area contributed by atoms with Gasteiger partial charge in [-0.3, -0.25) is 4.79 Å². The van der Waals surface area contributed by atoms with Crippen LogP contribution in [0.3, 0.4) is 0 Å². The fourth-order valence-corrected chi connectivity index (χ4v) is 5.27. The number of hydrogen-bond donors (Lipinski definition) is 1. The Balaban J connectivity index is 1.65. The topological polar surface area (TPSA) is 64.6 Å². The third-order valence-corrected chi connectivity index (χ3v) is 6.76. The van der Waals surface area contributed by atoms with Gasteiger partial charge in [0.2, 0.25) is 0 Å². The Hall–Kier alpha value is -2.86. The first-order chi connectivity index (χ1) is 14.6. The zero-order valence-corrected chi connectivity index (χ0v) is 18.0. The normalized spacial score (nSPS) is 17.1. The molecule has 1 amide bonds. The van der Waals surface area contributed by atoms with Gasteiger partial charge in [0.05, 0.1) is 18.4 Å². The number of anilines is 1. The van der Waals surface area contributed by atoms with Crippen molar-refractivity contribution in [2.24, 2.45) is 5.92 Å². The Morgan fingerprint density at radius 2 is 2.10 bits per heavy atom. The van der Waals surface area contributed by atoms with Crippen LogP contribution in [0.4, 0.5) is 5.00 Å². The molecule has 1 atom stereocenters. The molecule has 156 valence electrons. The molecule has 30 heavy (non-hydrogen) atoms. The summed E-state index contributed by atoms with van der Waals surface area (Å²) in [4.78, 5) is 27.0. The highest BCUT2D eigenvalue weighted by Gasteiger charge is 2.30. The molecule has 1 aliphatic heterocycles. The molecule has 1 N–H and O–H groups in total. The SMILES string of the molecule is CCOC(=O)c1c(NC(=O)C2=Cc3ccccc3OC=C2)sc2c1CC[C@@H](CC)C2. The van der Waals surface area contributed by atoms with Gasteiger partial charge in [0.15, 0.2) is 0 Å². The van der Waals surface area contributed by atoms with Crippen LogP contribution in [0.5, 0.6) is 5.75 Å². The summed E-state index contributed by atoms with van der Waals surface area (Å²) in [7, 11) is 0. The van der Waals surface area contributed by atoms with Crippen molar-refractivity contribution in [1.82, 2.24) is 0 Å². The van der Waals surface area contributed by atoms with E-state index in [1.54, 1.807) is 19.1 Å². The van der Waals surface area contributed by atoms with Crippen molar-refractivity contribution in [1.29, 1.82) is 0 Å². The average molecular weight is 424 g/mol. The van der Waals surface area contributed by atoms with Gasteiger partial charge in [-0.1, -0.05) is 31.5 Å². The van der Waals surface area contributed by atoms with Crippen molar-refractivity contribution in [3.63, 3.8) is 0 Å². The molecule has 1 aliphatic carbocycles. The molecule has 4 rings (SSSR count). The van der Waals surface area contributed by atoms with Crippen LogP contribution in [0.25, 0.3) is 6.08 Å². The maximum absolute atomic E-state index is 13.1. The first-order valence-corrected chi connectivity index (χ1v) is 11.2. The van der Waals surface area contributed by atoms with Gasteiger partial charge in [0.1, 0.15) is 10.8 Å². The Kier molecular flexibility index (Phi) is 6.04. The standard InChI is InChI=1S/C24H25NO4S/c1-3-15-9-10-18-20(13-15)30-23(21(18)24(27)28-4-2)25-22(26)17-11-12-29-19-8-6-5-7-16(19)14-17/h5-8,11-12,14-15H,3-4,9-10,13H2,1-2H3,(H,25,26)/t15-/m1/s1. The van der Waals surface area contributed by atoms with E-state index in [4.69, 9.17) is 9.47 Å². The number of amides is 1. The van der Waals surface area contributed by atoms with E-state index in [2.05, 4.69) is 12.2 Å². The number of benzene rings is 1. The summed E-state index contributed by atoms with van der Waals surface area (Å²) in [6.07, 6.45) is 8.90. The Bertz CT molecular complexity index is 1030. The lowest BCUT2D eigenvalue weighted by molar-refractivity contribution is -0.112. The minimum atomic E-state index is -0.362. The highest BCUT2D eigenvalue weighted by atomic mass is 32.1. The van der Waals surface area contributed by atoms with E-state index in [0.29, 0.717) is 34.4 Å². The molecular weight excluding hydrogens is 398 g/mol. The molecule has 0 radical (unpaired) electrons. The zero-order chi connectivity index (χ0) is 21.1. The van der Waals surface area contributed by atoms with E-state index in [0.717, 1.165) is 36.8 Å². The third kappa shape index (κ3) is 4.05. The number of esters is 1. The van der Waals surface area contributed by atoms with Gasteiger partial charge in [-0.15, -0.1) is 11.3 Å². The molecular formula is C24H25NO4S. The molecule has 1 aromatic carbocycles. The van der Waals surface area contributed by atoms with Gasteiger partial charge >= 0.3 is 5.97 Å². The lowest BCUT2D eigenvalue weighted by Crippen LogP contribution is -2.17. The van der Waals surface area contributed by atoms with E-state index in [1.807, 2.05) is 24.3 Å². The van der Waals surface area contributed by atoms with Gasteiger partial charge in [0.25, 0.3) is 5.91 Å². The molecule has 0 spiro atoms. The molecule has 0 saturated carbocycles. The number of ether oxygens (including phenoxy) is 2. The number of para-hydroxylation sites is 1. The number of fused-ring (bicyclic) bond motifs is 2. The second-order valence-corrected chi connectivity index (χ2v) is 8.56. The number of hydrogen-bond acceptors (Lipinski definition) is 5. The average Bonchev–Trinajstić information content (AvgIpc) is 2.95. The summed E-state index contributed by atoms with van der Waals surface area (Å²) < 4.78 is 10.9. The first-order valence-electron chi connectivity index (χ1n) is 10.4. The van der Waals surface area contributed by atoms with Crippen LogP contribution < -0.4 is 10.1 Å². The van der Waals surface area contributed by atoms with Crippen LogP contribution in [-0.4, -0.2) is 18.5 Å². The van der Waals surface area contributed by atoms with Crippen LogP contribution in [0, 0.1) is 5.92 Å². The third-order valence-electron chi connectivity index (χ3n) is 5.59. The summed E-state index contributed by atoms with van der Waals surface area (Å²) in [6, 6.07) is 7.54. The maximum atomic E-state index is 13.1. The molecule has 5 nitrogen and oxygen atoms in total. The van der Waals surface area contributed by atoms with Gasteiger partial charge in [-0.05, 0) is 55.9 Å². The lowest BCUT2D eigenvalue weighted by Gasteiger charge is -2.20. The first kappa shape index (κ1) is 20.4. The van der Waals surface area contributed by atoms with Crippen LogP contribution >= 0.6 is 11.3 Å². The number of carbonyl (C=O) groups is 2. The van der Waals surface area contributed by atoms with E-state index < -0.39 is 0 Å². The Morgan fingerprint density at radius 1 is 1.27 bits per heavy atom. The Morgan fingerprint density at radius 3 is 2.90 bits per heavy atom. The molecule has 0 bridgehead atoms. The quantitative estimate of drug-likeness (QED) is 0.657. The number of carbonyl (C=O) groups excluding carboxylic acids is 2. The molecule has 1 aromatic heterocycles. The molecule has 2 aromatic rings. The van der Waals surface area contributed by atoms with Crippen LogP contribution in [0.15, 0.2) is 42.2 Å². The number of thiophene rings is 1. The number of nitrogens with one attached hydrogen (secondary N) is 1. The predicted molar refractivity (Wildman–Crippen MR) is 119 cm³/mol. The van der Waals surface area contributed by atoms with E-state index in [9.17, 15) is 9.59 Å². The highest BCUT2D eigenvalue weighted by Crippen LogP contribution is 2.41. The van der Waals surface area contributed by atoms with E-state index in [-0.39, 0.29) is 11.9 Å². The second-order valence-electron chi connectivity index (χ2n) is 7.46. The highest BCUT2D eigenvalue weighted by molar-refractivity contribution is 7.17. The summed E-state index contributed by atoms with van der Waals surface area (Å²) >= 11 is 1.50. The molecule has 0 saturated heterocycles. The van der Waals surface area contributed by atoms with Crippen molar-refractivity contribution < 1.29 is 19.1 Å². The van der Waals surface area contributed by atoms with Gasteiger partial charge < -0.3 is 14.8 Å². The minimum absolute atomic E-state index is 0.275. The molecule has 0 fully saturated rings. The van der Waals surface area contributed by atoms with Crippen molar-refractivity contribution in [3.8, 4) is 5.75 Å². The molecule has 0 unspecified atom stereocenters. The van der Waals surface area contributed by atoms with Crippen molar-refractivity contribution in [2.75, 3.05) is 11.9 Å². The lowest BCUT2D eigenvalue weighted by atomic mass is 9.85. The molecule has 2 aliphatic rings. The fraction of sp³-hybridized carbons (Fsp3) is 0.333. The van der Waals surface area contributed by atoms with E-state index in [1.165, 1.54) is 22.5 Å². The summed E-state index contributed by atoms with van der Waals surface area (Å²) in [5, 5.41) is 3.55. The van der Waals surface area contributed by atoms with E-state index >= 15 is 0 Å². The minimum Gasteiger partial charge on any atom is -0.464 e. The maximum Gasteiger partial charge on any atom is 0.341 e. The van der Waals surface area contributed by atoms with Crippen molar-refractivity contribution in [3.05, 3.63) is 63.7 Å².